The van der Waals surface area contributed by atoms with Crippen molar-refractivity contribution in [3.8, 4) is 0 Å². The Bertz CT molecular complexity index is 97.3. The summed E-state index contributed by atoms with van der Waals surface area (Å²) in [5.74, 6) is 0. The second kappa shape index (κ2) is 1030. The summed E-state index contributed by atoms with van der Waals surface area (Å²) >= 11 is 0. The maximum atomic E-state index is 6.25. The average Bonchev–Trinajstić information content (AvgIpc) is 2.33. The van der Waals surface area contributed by atoms with Gasteiger partial charge in [-0.2, -0.15) is 0 Å². The Kier molecular flexibility index (Phi) is 5630. The maximum Gasteiger partial charge on any atom is 6.00 e. The van der Waals surface area contributed by atoms with E-state index in [0.29, 0.717) is 0 Å². The minimum absolute atomic E-state index is 0. The minimum Gasteiger partial charge on any atom is -0.512 e. The second-order valence-electron chi connectivity index (χ2n) is 0. The molecule has 0 aliphatic rings. The van der Waals surface area contributed by atoms with Gasteiger partial charge in [0.2, 0.25) is 0 Å². The predicted molar refractivity (Wildman–Crippen MR) is 29.8 cm³/mol. The van der Waals surface area contributed by atoms with Gasteiger partial charge in [0.15, 0.2) is 0 Å². The zero-order valence-corrected chi connectivity index (χ0v) is 10.8. The average molecular weight is 352 g/mol. The Labute approximate surface area is 128 Å². The SMILES string of the molecule is [C-]#N.[C-]#N.[C-]#N.[C-]#N.[C-]#N.[C-]#N.[Ce].[Fe+6]. The van der Waals surface area contributed by atoms with Crippen LogP contribution in [0.25, 0.3) is 0 Å². The van der Waals surface area contributed by atoms with Gasteiger partial charge in [0.05, 0.1) is 0 Å². The topological polar surface area (TPSA) is 143 Å². The predicted octanol–water partition coefficient (Wildman–Crippen LogP) is 0.576. The third-order valence-electron chi connectivity index (χ3n) is 0. The van der Waals surface area contributed by atoms with Crippen molar-refractivity contribution in [3.05, 3.63) is 39.4 Å². The molecule has 6 nitrogen and oxygen atoms in total. The van der Waals surface area contributed by atoms with Gasteiger partial charge in [-0.3, -0.25) is 0 Å². The third-order valence-corrected chi connectivity index (χ3v) is 0. The molecule has 0 N–H and O–H groups in total. The molecular weight excluding hydrogens is 352 g/mol. The summed E-state index contributed by atoms with van der Waals surface area (Å²) in [6.07, 6.45) is 0. The fourth-order valence-electron chi connectivity index (χ4n) is 0. The van der Waals surface area contributed by atoms with Gasteiger partial charge in [0.1, 0.15) is 0 Å². The van der Waals surface area contributed by atoms with E-state index in [1.807, 2.05) is 0 Å². The number of rotatable bonds is 0. The van der Waals surface area contributed by atoms with Gasteiger partial charge >= 0.3 is 17.1 Å². The monoisotopic (exact) mass is 352 g/mol. The van der Waals surface area contributed by atoms with Crippen LogP contribution in [0.2, 0.25) is 0 Å². The van der Waals surface area contributed by atoms with E-state index in [2.05, 4.69) is 0 Å². The Morgan fingerprint density at radius 3 is 0.357 bits per heavy atom. The Morgan fingerprint density at radius 2 is 0.357 bits per heavy atom. The summed E-state index contributed by atoms with van der Waals surface area (Å²) in [5, 5.41) is 37.5. The molecule has 66 valence electrons. The van der Waals surface area contributed by atoms with E-state index in [-0.39, 0.29) is 58.8 Å². The Hall–Kier alpha value is -1.16. The summed E-state index contributed by atoms with van der Waals surface area (Å²) in [6.45, 7) is 28.5. The van der Waals surface area contributed by atoms with Crippen LogP contribution in [-0.4, -0.2) is 0 Å². The van der Waals surface area contributed by atoms with E-state index in [4.69, 9.17) is 71.0 Å². The molecule has 8 heteroatoms. The zero-order chi connectivity index (χ0) is 12.0. The van der Waals surface area contributed by atoms with Gasteiger partial charge in [0, 0.05) is 41.7 Å². The second-order valence-corrected chi connectivity index (χ2v) is 0. The first-order valence-electron chi connectivity index (χ1n) is 1.34. The summed E-state index contributed by atoms with van der Waals surface area (Å²) < 4.78 is 0. The van der Waals surface area contributed by atoms with Crippen molar-refractivity contribution < 1.29 is 58.8 Å². The van der Waals surface area contributed by atoms with E-state index >= 15 is 0 Å². The molecule has 0 atom stereocenters. The van der Waals surface area contributed by atoms with Gasteiger partial charge in [-0.15, -0.1) is 0 Å². The first-order valence-corrected chi connectivity index (χ1v) is 1.34. The fourth-order valence-corrected chi connectivity index (χ4v) is 0. The van der Waals surface area contributed by atoms with Gasteiger partial charge in [-0.25, -0.2) is 0 Å². The van der Waals surface area contributed by atoms with Crippen molar-refractivity contribution in [2.45, 2.75) is 0 Å². The van der Waals surface area contributed by atoms with Crippen LogP contribution < -0.4 is 0 Å². The van der Waals surface area contributed by atoms with E-state index in [1.54, 1.807) is 0 Å². The third kappa shape index (κ3) is 774. The molecule has 0 aliphatic carbocycles. The molecule has 0 radical (unpaired) electrons. The van der Waals surface area contributed by atoms with Crippen molar-refractivity contribution in [2.75, 3.05) is 0 Å². The van der Waals surface area contributed by atoms with Crippen LogP contribution in [0.1, 0.15) is 0 Å². The standard InChI is InChI=1S/6CN.Ce.Fe/c6*1-2;;/q6*-1;;+6. The summed E-state index contributed by atoms with van der Waals surface area (Å²) in [5.41, 5.74) is 0. The van der Waals surface area contributed by atoms with Crippen molar-refractivity contribution in [1.29, 1.82) is 31.6 Å². The Morgan fingerprint density at radius 1 is 0.357 bits per heavy atom. The summed E-state index contributed by atoms with van der Waals surface area (Å²) in [7, 11) is 0. The van der Waals surface area contributed by atoms with Gasteiger partial charge in [-0.05, 0) is 0 Å². The fraction of sp³-hybridized carbons (Fsp3) is 0. The molecule has 0 saturated carbocycles. The van der Waals surface area contributed by atoms with E-state index in [0.717, 1.165) is 0 Å². The van der Waals surface area contributed by atoms with Crippen LogP contribution in [0, 0.1) is 113 Å². The largest absolute Gasteiger partial charge is 6.00 e. The molecule has 0 unspecified atom stereocenters. The zero-order valence-electron chi connectivity index (χ0n) is 6.54. The Balaban J connectivity index is -0.00000000500. The van der Waals surface area contributed by atoms with Crippen LogP contribution in [0.4, 0.5) is 0 Å². The molecule has 0 aromatic rings. The molecular formula is C6CeFeN6. The van der Waals surface area contributed by atoms with Crippen molar-refractivity contribution >= 4 is 0 Å². The molecule has 0 amide bonds. The van der Waals surface area contributed by atoms with Crippen LogP contribution in [0.3, 0.4) is 0 Å². The molecule has 14 heavy (non-hydrogen) atoms. The molecule has 0 bridgehead atoms. The maximum absolute atomic E-state index is 6.25. The van der Waals surface area contributed by atoms with E-state index < -0.39 is 0 Å². The molecule has 0 spiro atoms. The van der Waals surface area contributed by atoms with Gasteiger partial charge < -0.3 is 71.0 Å². The number of nitrogens with zero attached hydrogens (tertiary/aromatic N) is 6. The molecule has 0 fully saturated rings. The van der Waals surface area contributed by atoms with Crippen molar-refractivity contribution in [3.63, 3.8) is 0 Å². The van der Waals surface area contributed by atoms with Crippen LogP contribution in [0.5, 0.6) is 0 Å². The van der Waals surface area contributed by atoms with Crippen molar-refractivity contribution in [1.82, 2.24) is 0 Å². The molecule has 0 aliphatic heterocycles. The van der Waals surface area contributed by atoms with E-state index in [9.17, 15) is 0 Å². The van der Waals surface area contributed by atoms with Crippen LogP contribution in [0.15, 0.2) is 0 Å². The smallest absolute Gasteiger partial charge is 0.512 e. The summed E-state index contributed by atoms with van der Waals surface area (Å²) in [4.78, 5) is 0. The minimum atomic E-state index is 0. The van der Waals surface area contributed by atoms with Gasteiger partial charge in [0.25, 0.3) is 0 Å². The summed E-state index contributed by atoms with van der Waals surface area (Å²) in [6, 6.07) is 0. The van der Waals surface area contributed by atoms with E-state index in [1.165, 1.54) is 0 Å². The first kappa shape index (κ1) is 76.9. The number of hydrogen-bond acceptors (Lipinski definition) is 6. The van der Waals surface area contributed by atoms with Crippen LogP contribution in [-0.2, 0) is 17.1 Å². The van der Waals surface area contributed by atoms with Crippen LogP contribution >= 0.6 is 0 Å². The number of hydrogen-bond donors (Lipinski definition) is 0. The molecule has 0 aromatic heterocycles. The molecule has 0 heterocycles. The van der Waals surface area contributed by atoms with Gasteiger partial charge in [-0.1, -0.05) is 0 Å². The normalized spacial score (nSPS) is 0.857. The molecule has 0 rings (SSSR count). The molecule has 0 aromatic carbocycles. The quantitative estimate of drug-likeness (QED) is 0.461. The molecule has 0 saturated heterocycles. The first-order chi connectivity index (χ1) is 6.00. The van der Waals surface area contributed by atoms with Crippen molar-refractivity contribution in [2.24, 2.45) is 0 Å².